The summed E-state index contributed by atoms with van der Waals surface area (Å²) in [6, 6.07) is 21.3. The summed E-state index contributed by atoms with van der Waals surface area (Å²) in [6.07, 6.45) is 10.8. The minimum absolute atomic E-state index is 0.276. The predicted octanol–water partition coefficient (Wildman–Crippen LogP) is 5.23. The van der Waals surface area contributed by atoms with Crippen LogP contribution < -0.4 is 15.5 Å². The summed E-state index contributed by atoms with van der Waals surface area (Å²) in [5.74, 6) is 1.93. The van der Waals surface area contributed by atoms with Crippen LogP contribution in [0.15, 0.2) is 73.2 Å². The second-order valence-electron chi connectivity index (χ2n) is 10.9. The molecule has 8 nitrogen and oxygen atoms in total. The van der Waals surface area contributed by atoms with Crippen LogP contribution in [0.5, 0.6) is 5.75 Å². The number of aromatic nitrogens is 4. The number of aromatic hydroxyl groups is 1. The van der Waals surface area contributed by atoms with Gasteiger partial charge in [-0.3, -0.25) is 4.68 Å². The third kappa shape index (κ3) is 6.06. The van der Waals surface area contributed by atoms with E-state index in [1.54, 1.807) is 23.1 Å². The number of hydrogen-bond donors (Lipinski definition) is 3. The van der Waals surface area contributed by atoms with Gasteiger partial charge in [-0.25, -0.2) is 9.97 Å². The lowest BCUT2D eigenvalue weighted by molar-refractivity contribution is 0.293. The predicted molar refractivity (Wildman–Crippen MR) is 156 cm³/mol. The highest BCUT2D eigenvalue weighted by atomic mass is 16.3. The summed E-state index contributed by atoms with van der Waals surface area (Å²) in [7, 11) is 1.89. The van der Waals surface area contributed by atoms with Crippen molar-refractivity contribution in [2.24, 2.45) is 7.05 Å². The highest BCUT2D eigenvalue weighted by Crippen LogP contribution is 2.28. The molecule has 0 bridgehead atoms. The lowest BCUT2D eigenvalue weighted by Gasteiger charge is -2.40. The van der Waals surface area contributed by atoms with Crippen LogP contribution in [-0.4, -0.2) is 56.1 Å². The molecule has 8 heteroatoms. The summed E-state index contributed by atoms with van der Waals surface area (Å²) in [5, 5.41) is 22.1. The molecule has 3 atom stereocenters. The molecule has 0 amide bonds. The number of nitrogens with zero attached hydrogens (tertiary/aromatic N) is 5. The fraction of sp³-hybridized carbons (Fsp3) is 0.387. The van der Waals surface area contributed by atoms with Crippen molar-refractivity contribution in [3.05, 3.63) is 73.2 Å². The first-order chi connectivity index (χ1) is 19.1. The van der Waals surface area contributed by atoms with Gasteiger partial charge in [0.1, 0.15) is 17.9 Å². The van der Waals surface area contributed by atoms with E-state index in [1.807, 2.05) is 31.4 Å². The van der Waals surface area contributed by atoms with E-state index in [4.69, 9.17) is 0 Å². The molecule has 4 aromatic rings. The molecule has 6 rings (SSSR count). The van der Waals surface area contributed by atoms with E-state index in [-0.39, 0.29) is 5.75 Å². The molecule has 2 aliphatic rings. The molecule has 1 saturated carbocycles. The van der Waals surface area contributed by atoms with Crippen molar-refractivity contribution in [1.82, 2.24) is 25.1 Å². The summed E-state index contributed by atoms with van der Waals surface area (Å²) in [5.41, 5.74) is 4.35. The smallest absolute Gasteiger partial charge is 0.181 e. The normalized spacial score (nSPS) is 21.6. The van der Waals surface area contributed by atoms with E-state index in [9.17, 15) is 5.11 Å². The lowest BCUT2D eigenvalue weighted by atomic mass is 9.89. The maximum Gasteiger partial charge on any atom is 0.181 e. The van der Waals surface area contributed by atoms with Crippen LogP contribution >= 0.6 is 0 Å². The quantitative estimate of drug-likeness (QED) is 0.305. The zero-order valence-corrected chi connectivity index (χ0v) is 22.5. The van der Waals surface area contributed by atoms with Gasteiger partial charge in [-0.2, -0.15) is 5.10 Å². The Balaban J connectivity index is 1.10. The van der Waals surface area contributed by atoms with Crippen molar-refractivity contribution in [1.29, 1.82) is 0 Å². The molecule has 2 aromatic carbocycles. The fourth-order valence-corrected chi connectivity index (χ4v) is 6.01. The zero-order valence-electron chi connectivity index (χ0n) is 22.5. The summed E-state index contributed by atoms with van der Waals surface area (Å²) < 4.78 is 1.74. The Hall–Kier alpha value is -3.91. The first kappa shape index (κ1) is 25.4. The summed E-state index contributed by atoms with van der Waals surface area (Å²) in [6.45, 7) is 2.09. The second-order valence-corrected chi connectivity index (χ2v) is 10.9. The number of phenolic OH excluding ortho intramolecular Hbond substituents is 1. The van der Waals surface area contributed by atoms with Crippen LogP contribution in [-0.2, 0) is 7.05 Å². The monoisotopic (exact) mass is 523 g/mol. The van der Waals surface area contributed by atoms with E-state index in [2.05, 4.69) is 60.9 Å². The van der Waals surface area contributed by atoms with Crippen LogP contribution in [0.3, 0.4) is 0 Å². The largest absolute Gasteiger partial charge is 0.508 e. The topological polar surface area (TPSA) is 91.1 Å². The molecule has 1 aliphatic carbocycles. The molecule has 39 heavy (non-hydrogen) atoms. The van der Waals surface area contributed by atoms with Gasteiger partial charge in [0.2, 0.25) is 0 Å². The minimum Gasteiger partial charge on any atom is -0.508 e. The number of hydrogen-bond acceptors (Lipinski definition) is 7. The van der Waals surface area contributed by atoms with Gasteiger partial charge in [-0.05, 0) is 85.3 Å². The Morgan fingerprint density at radius 1 is 0.846 bits per heavy atom. The Morgan fingerprint density at radius 2 is 1.67 bits per heavy atom. The van der Waals surface area contributed by atoms with Crippen molar-refractivity contribution in [3.8, 4) is 28.3 Å². The molecule has 1 aliphatic heterocycles. The molecule has 3 heterocycles. The Labute approximate surface area is 230 Å². The molecule has 0 spiro atoms. The van der Waals surface area contributed by atoms with Crippen LogP contribution in [0.1, 0.15) is 38.5 Å². The van der Waals surface area contributed by atoms with Crippen molar-refractivity contribution in [3.63, 3.8) is 0 Å². The lowest BCUT2D eigenvalue weighted by Crippen LogP contribution is -2.54. The van der Waals surface area contributed by atoms with Gasteiger partial charge < -0.3 is 20.6 Å². The molecule has 0 radical (unpaired) electrons. The number of phenols is 1. The van der Waals surface area contributed by atoms with E-state index in [0.717, 1.165) is 47.8 Å². The van der Waals surface area contributed by atoms with Gasteiger partial charge in [0, 0.05) is 55.7 Å². The van der Waals surface area contributed by atoms with Crippen molar-refractivity contribution >= 4 is 11.5 Å². The number of piperidine rings is 1. The number of pyridine rings is 1. The van der Waals surface area contributed by atoms with Gasteiger partial charge in [0.25, 0.3) is 0 Å². The molecule has 1 saturated heterocycles. The molecule has 202 valence electrons. The van der Waals surface area contributed by atoms with Gasteiger partial charge in [-0.15, -0.1) is 0 Å². The van der Waals surface area contributed by atoms with Gasteiger partial charge in [0.05, 0.1) is 0 Å². The van der Waals surface area contributed by atoms with Crippen LogP contribution in [0.4, 0.5) is 11.5 Å². The molecule has 2 aromatic heterocycles. The van der Waals surface area contributed by atoms with E-state index in [0.29, 0.717) is 18.1 Å². The standard InChI is InChI=1S/C31H37N7O/c1-37-21-33-31(36-37)22-11-13-26(14-12-22)38-17-5-7-25(20-38)34-28-9-2-3-10-29(28)35-30-19-24(15-16-32-30)23-6-4-8-27(39)18-23/h4,6,8,11-16,18-19,21,25,28-29,34,39H,2-3,5,7,9-10,17,20H2,1H3,(H,32,35)/t25-,28+,29+/m0/s1. The maximum atomic E-state index is 9.90. The van der Waals surface area contributed by atoms with Crippen LogP contribution in [0.25, 0.3) is 22.5 Å². The third-order valence-electron chi connectivity index (χ3n) is 8.00. The van der Waals surface area contributed by atoms with E-state index >= 15 is 0 Å². The van der Waals surface area contributed by atoms with Crippen molar-refractivity contribution in [2.45, 2.75) is 56.7 Å². The molecule has 2 fully saturated rings. The van der Waals surface area contributed by atoms with Gasteiger partial charge >= 0.3 is 0 Å². The van der Waals surface area contributed by atoms with E-state index < -0.39 is 0 Å². The number of benzene rings is 2. The fourth-order valence-electron chi connectivity index (χ4n) is 6.01. The highest BCUT2D eigenvalue weighted by molar-refractivity contribution is 5.67. The Kier molecular flexibility index (Phi) is 7.45. The first-order valence-corrected chi connectivity index (χ1v) is 14.1. The number of nitrogens with one attached hydrogen (secondary N) is 2. The first-order valence-electron chi connectivity index (χ1n) is 14.1. The second kappa shape index (κ2) is 11.5. The molecule has 0 unspecified atom stereocenters. The molecular weight excluding hydrogens is 486 g/mol. The van der Waals surface area contributed by atoms with Gasteiger partial charge in [-0.1, -0.05) is 25.0 Å². The van der Waals surface area contributed by atoms with Crippen molar-refractivity contribution < 1.29 is 5.11 Å². The zero-order chi connectivity index (χ0) is 26.6. The highest BCUT2D eigenvalue weighted by Gasteiger charge is 2.29. The Morgan fingerprint density at radius 3 is 2.46 bits per heavy atom. The maximum absolute atomic E-state index is 9.90. The average molecular weight is 524 g/mol. The third-order valence-corrected chi connectivity index (χ3v) is 8.00. The summed E-state index contributed by atoms with van der Waals surface area (Å²) >= 11 is 0. The molecule has 3 N–H and O–H groups in total. The summed E-state index contributed by atoms with van der Waals surface area (Å²) in [4.78, 5) is 11.5. The van der Waals surface area contributed by atoms with Crippen LogP contribution in [0.2, 0.25) is 0 Å². The SMILES string of the molecule is Cn1cnc(-c2ccc(N3CCC[C@H](N[C@@H]4CCCC[C@H]4Nc4cc(-c5cccc(O)c5)ccn4)C3)cc2)n1. The number of aryl methyl sites for hydroxylation is 1. The van der Waals surface area contributed by atoms with Crippen LogP contribution in [0, 0.1) is 0 Å². The number of anilines is 2. The van der Waals surface area contributed by atoms with E-state index in [1.165, 1.54) is 37.8 Å². The minimum atomic E-state index is 0.276. The van der Waals surface area contributed by atoms with Crippen molar-refractivity contribution in [2.75, 3.05) is 23.3 Å². The average Bonchev–Trinajstić information content (AvgIpc) is 3.41. The van der Waals surface area contributed by atoms with Gasteiger partial charge in [0.15, 0.2) is 5.82 Å². The molecular formula is C31H37N7O. The number of rotatable bonds is 7. The Bertz CT molecular complexity index is 1390.